The van der Waals surface area contributed by atoms with E-state index in [0.717, 1.165) is 5.56 Å². The Morgan fingerprint density at radius 1 is 1.12 bits per heavy atom. The zero-order valence-electron chi connectivity index (χ0n) is 10.1. The van der Waals surface area contributed by atoms with E-state index in [9.17, 15) is 4.79 Å². The summed E-state index contributed by atoms with van der Waals surface area (Å²) >= 11 is 0. The Kier molecular flexibility index (Phi) is 6.78. The van der Waals surface area contributed by atoms with Gasteiger partial charge in [0.05, 0.1) is 19.6 Å². The van der Waals surface area contributed by atoms with Gasteiger partial charge in [-0.3, -0.25) is 4.79 Å². The van der Waals surface area contributed by atoms with Crippen LogP contribution in [0.1, 0.15) is 19.4 Å². The lowest BCUT2D eigenvalue weighted by Crippen LogP contribution is -2.07. The van der Waals surface area contributed by atoms with Gasteiger partial charge >= 0.3 is 14.6 Å². The minimum absolute atomic E-state index is 0.236. The normalized spacial score (nSPS) is 10.5. The standard InChI is InChI=1S/C12H17O4P/c1-3-14-17(15-4-2)16-12(13)10-11-8-6-5-7-9-11/h5-9H,3-4,10H2,1-2H3. The van der Waals surface area contributed by atoms with E-state index in [1.54, 1.807) is 0 Å². The first-order valence-electron chi connectivity index (χ1n) is 5.57. The average molecular weight is 256 g/mol. The van der Waals surface area contributed by atoms with Crippen LogP contribution in [0.3, 0.4) is 0 Å². The van der Waals surface area contributed by atoms with Crippen LogP contribution < -0.4 is 0 Å². The molecule has 0 atom stereocenters. The van der Waals surface area contributed by atoms with Crippen LogP contribution in [0.4, 0.5) is 0 Å². The molecule has 1 rings (SSSR count). The monoisotopic (exact) mass is 256 g/mol. The zero-order chi connectivity index (χ0) is 12.5. The van der Waals surface area contributed by atoms with Crippen LogP contribution in [0.25, 0.3) is 0 Å². The summed E-state index contributed by atoms with van der Waals surface area (Å²) in [4.78, 5) is 11.6. The number of hydrogen-bond acceptors (Lipinski definition) is 4. The fraction of sp³-hybridized carbons (Fsp3) is 0.417. The molecular weight excluding hydrogens is 239 g/mol. The van der Waals surface area contributed by atoms with Gasteiger partial charge in [0.25, 0.3) is 0 Å². The van der Waals surface area contributed by atoms with Gasteiger partial charge in [0, 0.05) is 0 Å². The van der Waals surface area contributed by atoms with E-state index in [-0.39, 0.29) is 12.4 Å². The molecule has 0 aliphatic rings. The van der Waals surface area contributed by atoms with E-state index in [1.807, 2.05) is 44.2 Å². The summed E-state index contributed by atoms with van der Waals surface area (Å²) in [7, 11) is -1.55. The minimum Gasteiger partial charge on any atom is -0.394 e. The summed E-state index contributed by atoms with van der Waals surface area (Å²) in [6.45, 7) is 4.59. The van der Waals surface area contributed by atoms with Gasteiger partial charge in [-0.25, -0.2) is 0 Å². The molecule has 0 saturated heterocycles. The molecule has 0 aromatic heterocycles. The Hall–Kier alpha value is -0.960. The van der Waals surface area contributed by atoms with Crippen LogP contribution in [0, 0.1) is 0 Å². The lowest BCUT2D eigenvalue weighted by atomic mass is 10.2. The molecule has 0 heterocycles. The molecule has 0 aliphatic heterocycles. The van der Waals surface area contributed by atoms with Gasteiger partial charge in [-0.05, 0) is 19.4 Å². The fourth-order valence-electron chi connectivity index (χ4n) is 1.18. The molecule has 4 nitrogen and oxygen atoms in total. The molecule has 0 saturated carbocycles. The average Bonchev–Trinajstić information content (AvgIpc) is 2.30. The van der Waals surface area contributed by atoms with E-state index in [2.05, 4.69) is 0 Å². The Bertz CT molecular complexity index is 323. The molecule has 5 heteroatoms. The summed E-state index contributed by atoms with van der Waals surface area (Å²) in [5, 5.41) is 0. The number of rotatable bonds is 7. The minimum atomic E-state index is -1.55. The molecule has 0 amide bonds. The van der Waals surface area contributed by atoms with Crippen molar-refractivity contribution in [3.05, 3.63) is 35.9 Å². The highest BCUT2D eigenvalue weighted by molar-refractivity contribution is 7.42. The summed E-state index contributed by atoms with van der Waals surface area (Å²) < 4.78 is 15.5. The third kappa shape index (κ3) is 5.78. The molecule has 0 fully saturated rings. The van der Waals surface area contributed by atoms with E-state index < -0.39 is 8.60 Å². The summed E-state index contributed by atoms with van der Waals surface area (Å²) in [5.74, 6) is -0.329. The lowest BCUT2D eigenvalue weighted by molar-refractivity contribution is -0.134. The maximum absolute atomic E-state index is 11.6. The van der Waals surface area contributed by atoms with Crippen molar-refractivity contribution in [1.29, 1.82) is 0 Å². The van der Waals surface area contributed by atoms with Gasteiger partial charge in [-0.1, -0.05) is 30.3 Å². The largest absolute Gasteiger partial charge is 0.399 e. The van der Waals surface area contributed by atoms with Crippen LogP contribution in [0.2, 0.25) is 0 Å². The molecule has 0 bridgehead atoms. The van der Waals surface area contributed by atoms with E-state index in [4.69, 9.17) is 13.6 Å². The van der Waals surface area contributed by atoms with Gasteiger partial charge in [0.15, 0.2) is 0 Å². The van der Waals surface area contributed by atoms with E-state index in [1.165, 1.54) is 0 Å². The number of carbonyl (C=O) groups is 1. The molecule has 0 unspecified atom stereocenters. The summed E-state index contributed by atoms with van der Waals surface area (Å²) in [6, 6.07) is 9.44. The number of carbonyl (C=O) groups excluding carboxylic acids is 1. The van der Waals surface area contributed by atoms with Crippen molar-refractivity contribution in [3.63, 3.8) is 0 Å². The van der Waals surface area contributed by atoms with Crippen LogP contribution in [0.15, 0.2) is 30.3 Å². The van der Waals surface area contributed by atoms with Gasteiger partial charge in [0.1, 0.15) is 0 Å². The molecule has 0 spiro atoms. The molecule has 1 aromatic rings. The van der Waals surface area contributed by atoms with Gasteiger partial charge in [-0.15, -0.1) is 0 Å². The molecule has 1 aromatic carbocycles. The second-order valence-electron chi connectivity index (χ2n) is 3.18. The Labute approximate surface area is 103 Å². The summed E-state index contributed by atoms with van der Waals surface area (Å²) in [6.07, 6.45) is 0.236. The van der Waals surface area contributed by atoms with Crippen LogP contribution in [-0.4, -0.2) is 19.2 Å². The van der Waals surface area contributed by atoms with Crippen molar-refractivity contribution in [2.75, 3.05) is 13.2 Å². The van der Waals surface area contributed by atoms with Crippen molar-refractivity contribution in [1.82, 2.24) is 0 Å². The number of hydrogen-bond donors (Lipinski definition) is 0. The topological polar surface area (TPSA) is 44.8 Å². The smallest absolute Gasteiger partial charge is 0.394 e. The highest BCUT2D eigenvalue weighted by atomic mass is 31.2. The van der Waals surface area contributed by atoms with E-state index >= 15 is 0 Å². The van der Waals surface area contributed by atoms with Crippen LogP contribution in [0.5, 0.6) is 0 Å². The molecule has 17 heavy (non-hydrogen) atoms. The predicted molar refractivity (Wildman–Crippen MR) is 66.4 cm³/mol. The maximum Gasteiger partial charge on any atom is 0.399 e. The van der Waals surface area contributed by atoms with Gasteiger partial charge in [-0.2, -0.15) is 0 Å². The Morgan fingerprint density at radius 2 is 1.71 bits per heavy atom. The van der Waals surface area contributed by atoms with Crippen molar-refractivity contribution >= 4 is 14.6 Å². The van der Waals surface area contributed by atoms with Crippen molar-refractivity contribution in [2.45, 2.75) is 20.3 Å². The highest BCUT2D eigenvalue weighted by Crippen LogP contribution is 2.39. The maximum atomic E-state index is 11.6. The van der Waals surface area contributed by atoms with Crippen molar-refractivity contribution in [3.8, 4) is 0 Å². The molecule has 94 valence electrons. The quantitative estimate of drug-likeness (QED) is 0.703. The summed E-state index contributed by atoms with van der Waals surface area (Å²) in [5.41, 5.74) is 0.917. The van der Waals surface area contributed by atoms with E-state index in [0.29, 0.717) is 13.2 Å². The zero-order valence-corrected chi connectivity index (χ0v) is 11.0. The second kappa shape index (κ2) is 8.18. The molecule has 0 aliphatic carbocycles. The fourth-order valence-corrected chi connectivity index (χ4v) is 2.01. The lowest BCUT2D eigenvalue weighted by Gasteiger charge is -2.14. The van der Waals surface area contributed by atoms with Crippen LogP contribution in [-0.2, 0) is 24.8 Å². The second-order valence-corrected chi connectivity index (χ2v) is 4.33. The Morgan fingerprint density at radius 3 is 2.24 bits per heavy atom. The number of benzene rings is 1. The van der Waals surface area contributed by atoms with Crippen LogP contribution >= 0.6 is 8.60 Å². The SMILES string of the molecule is CCOP(OCC)OC(=O)Cc1ccccc1. The Balaban J connectivity index is 2.42. The first-order chi connectivity index (χ1) is 8.26. The first kappa shape index (κ1) is 14.1. The molecular formula is C12H17O4P. The molecule has 0 radical (unpaired) electrons. The molecule has 0 N–H and O–H groups in total. The van der Waals surface area contributed by atoms with Gasteiger partial charge in [0.2, 0.25) is 0 Å². The highest BCUT2D eigenvalue weighted by Gasteiger charge is 2.17. The van der Waals surface area contributed by atoms with Gasteiger partial charge < -0.3 is 13.6 Å². The predicted octanol–water partition coefficient (Wildman–Crippen LogP) is 3.07. The van der Waals surface area contributed by atoms with Crippen molar-refractivity contribution in [2.24, 2.45) is 0 Å². The van der Waals surface area contributed by atoms with Crippen molar-refractivity contribution < 1.29 is 18.4 Å². The first-order valence-corrected chi connectivity index (χ1v) is 6.66. The third-order valence-electron chi connectivity index (χ3n) is 1.84. The third-order valence-corrected chi connectivity index (χ3v) is 3.13.